The second kappa shape index (κ2) is 29.4. The Hall–Kier alpha value is -4.79. The van der Waals surface area contributed by atoms with Gasteiger partial charge in [0.25, 0.3) is 0 Å². The lowest BCUT2D eigenvalue weighted by atomic mass is 10.1. The van der Waals surface area contributed by atoms with Crippen LogP contribution in [-0.2, 0) is 19.2 Å². The number of aliphatic hydroxyl groups excluding tert-OH is 1. The van der Waals surface area contributed by atoms with Crippen LogP contribution in [0.1, 0.15) is 90.9 Å². The molecule has 13 heteroatoms. The quantitative estimate of drug-likeness (QED) is 0.116. The maximum Gasteiger partial charge on any atom is 0.372 e. The topological polar surface area (TPSA) is 270 Å². The molecule has 0 radical (unpaired) electrons. The van der Waals surface area contributed by atoms with Gasteiger partial charge in [0.05, 0.1) is 6.10 Å². The van der Waals surface area contributed by atoms with Gasteiger partial charge in [0.15, 0.2) is 5.78 Å². The summed E-state index contributed by atoms with van der Waals surface area (Å²) in [4.78, 5) is 49.8. The summed E-state index contributed by atoms with van der Waals surface area (Å²) < 4.78 is 10.0. The number of carboxylic acids is 3. The van der Waals surface area contributed by atoms with Crippen molar-refractivity contribution in [2.45, 2.75) is 84.7 Å². The molecule has 0 heterocycles. The highest BCUT2D eigenvalue weighted by atomic mass is 16.4. The summed E-state index contributed by atoms with van der Waals surface area (Å²) >= 11 is 0. The first kappa shape index (κ1) is 46.3. The number of benzene rings is 3. The number of carbonyl (C=O) groups is 5. The second-order valence-corrected chi connectivity index (χ2v) is 10.4. The Morgan fingerprint density at radius 1 is 0.673 bits per heavy atom. The van der Waals surface area contributed by atoms with Crippen molar-refractivity contribution in [1.29, 1.82) is 0 Å². The number of carbonyl (C=O) groups excluding carboxylic acids is 2. The molecule has 0 aliphatic rings. The molecule has 0 fully saturated rings. The number of nitrogens with two attached hydrogens (primary N) is 4. The van der Waals surface area contributed by atoms with Gasteiger partial charge in [0.2, 0.25) is 5.78 Å². The van der Waals surface area contributed by atoms with Gasteiger partial charge < -0.3 is 43.4 Å². The molecule has 0 spiro atoms. The average molecular weight is 692 g/mol. The number of aliphatic carboxylic acids is 3. The van der Waals surface area contributed by atoms with Crippen molar-refractivity contribution in [3.63, 3.8) is 0 Å². The molecule has 0 aromatic heterocycles. The smallest absolute Gasteiger partial charge is 0.372 e. The highest BCUT2D eigenvalue weighted by Crippen LogP contribution is 2.07. The summed E-state index contributed by atoms with van der Waals surface area (Å²) in [6.45, 7) is 10.1. The minimum Gasteiger partial charge on any atom is -0.480 e. The van der Waals surface area contributed by atoms with E-state index in [4.69, 9.17) is 46.3 Å². The van der Waals surface area contributed by atoms with Gasteiger partial charge in [0.1, 0.15) is 12.1 Å². The Kier molecular flexibility index (Phi) is 27.8. The van der Waals surface area contributed by atoms with Gasteiger partial charge in [-0.2, -0.15) is 0 Å². The molecule has 0 aliphatic carbocycles. The summed E-state index contributed by atoms with van der Waals surface area (Å²) in [6.07, 6.45) is -0.405. The predicted molar refractivity (Wildman–Crippen MR) is 193 cm³/mol. The maximum absolute atomic E-state index is 10.6. The third kappa shape index (κ3) is 28.0. The van der Waals surface area contributed by atoms with Gasteiger partial charge in [0, 0.05) is 27.0 Å². The van der Waals surface area contributed by atoms with Crippen LogP contribution >= 0.6 is 0 Å². The third-order valence-electron chi connectivity index (χ3n) is 5.95. The lowest BCUT2D eigenvalue weighted by Gasteiger charge is -2.06. The molecule has 12 N–H and O–H groups in total. The summed E-state index contributed by atoms with van der Waals surface area (Å²) in [7, 11) is 0. The molecule has 0 aliphatic heterocycles. The molecule has 3 aromatic carbocycles. The van der Waals surface area contributed by atoms with E-state index >= 15 is 0 Å². The highest BCUT2D eigenvalue weighted by Gasteiger charge is 2.16. The maximum atomic E-state index is 10.6. The van der Waals surface area contributed by atoms with E-state index in [0.717, 1.165) is 5.56 Å². The molecule has 0 saturated carbocycles. The summed E-state index contributed by atoms with van der Waals surface area (Å²) in [5.74, 6) is -4.07. The number of carboxylic acid groups (broad SMARTS) is 3. The van der Waals surface area contributed by atoms with Crippen LogP contribution in [0.2, 0.25) is 0 Å². The van der Waals surface area contributed by atoms with Gasteiger partial charge in [-0.1, -0.05) is 105 Å². The molecule has 49 heavy (non-hydrogen) atoms. The summed E-state index contributed by atoms with van der Waals surface area (Å²) in [6, 6.07) is 27.8. The van der Waals surface area contributed by atoms with Crippen LogP contribution in [0, 0.1) is 0 Å². The van der Waals surface area contributed by atoms with Gasteiger partial charge in [-0.15, -0.1) is 0 Å². The zero-order valence-electron chi connectivity index (χ0n) is 31.1. The van der Waals surface area contributed by atoms with Crippen molar-refractivity contribution in [3.05, 3.63) is 108 Å². The number of aliphatic hydroxyl groups is 1. The molecule has 5 atom stereocenters. The molecule has 2 unspecified atom stereocenters. The molecular formula is C36H56N4O9. The Labute approximate surface area is 292 Å². The molecule has 0 bridgehead atoms. The van der Waals surface area contributed by atoms with Gasteiger partial charge in [-0.3, -0.25) is 19.2 Å². The molecule has 3 aromatic rings. The molecule has 274 valence electrons. The van der Waals surface area contributed by atoms with Crippen LogP contribution in [0.15, 0.2) is 91.0 Å². The van der Waals surface area contributed by atoms with Crippen molar-refractivity contribution < 1.29 is 47.4 Å². The summed E-state index contributed by atoms with van der Waals surface area (Å²) in [5, 5.41) is 32.4. The fourth-order valence-corrected chi connectivity index (χ4v) is 2.72. The number of rotatable bonds is 9. The van der Waals surface area contributed by atoms with E-state index in [9.17, 15) is 24.0 Å². The normalized spacial score (nSPS) is 12.6. The average Bonchev–Trinajstić information content (AvgIpc) is 3.13. The molecular weight excluding hydrogens is 632 g/mol. The minimum absolute atomic E-state index is 0.0787. The highest BCUT2D eigenvalue weighted by molar-refractivity contribution is 6.32. The fraction of sp³-hybridized carbons (Fsp3) is 0.361. The molecule has 0 amide bonds. The van der Waals surface area contributed by atoms with E-state index in [1.165, 1.54) is 25.0 Å². The van der Waals surface area contributed by atoms with Crippen molar-refractivity contribution >= 4 is 29.5 Å². The van der Waals surface area contributed by atoms with Crippen LogP contribution < -0.4 is 22.9 Å². The predicted octanol–water partition coefficient (Wildman–Crippen LogP) is 4.19. The van der Waals surface area contributed by atoms with E-state index in [-0.39, 0.29) is 24.3 Å². The molecule has 13 nitrogen and oxygen atoms in total. The summed E-state index contributed by atoms with van der Waals surface area (Å²) in [5.41, 5.74) is 24.3. The Balaban J connectivity index is -0.000000258. The largest absolute Gasteiger partial charge is 0.480 e. The molecule has 0 saturated heterocycles. The third-order valence-corrected chi connectivity index (χ3v) is 5.95. The van der Waals surface area contributed by atoms with Crippen LogP contribution in [0.4, 0.5) is 0 Å². The van der Waals surface area contributed by atoms with Gasteiger partial charge >= 0.3 is 17.9 Å². The standard InChI is InChI=1S/2C8H11N.C8H8O.C4H9NO3.C4H9NO2.C4H6O3.H2/c3*1-7(9)8-5-3-2-4-6-8;1-2(6)3(5)4(7)8;2*1-2-3(5)4(6)7;/h2*2-7H,9H2,1H3;2-6H,1H3;2-3,6H,5H2,1H3,(H,7,8);3H,2,5H2,1H3,(H,6,7);2H2,1H3,(H,6,7);1H/t7-;;;2?,3-;3-;;/m1..00../s1/i;;;;;;1+2D. The van der Waals surface area contributed by atoms with Crippen LogP contribution in [0.25, 0.3) is 0 Å². The van der Waals surface area contributed by atoms with E-state index in [0.29, 0.717) is 6.42 Å². The lowest BCUT2D eigenvalue weighted by Crippen LogP contribution is -2.39. The van der Waals surface area contributed by atoms with Crippen molar-refractivity contribution in [1.82, 2.24) is 0 Å². The van der Waals surface area contributed by atoms with Gasteiger partial charge in [-0.05, 0) is 45.2 Å². The zero-order valence-corrected chi connectivity index (χ0v) is 29.1. The number of ketones is 2. The monoisotopic (exact) mass is 691 g/mol. The van der Waals surface area contributed by atoms with Crippen LogP contribution in [-0.4, -0.2) is 68.1 Å². The Morgan fingerprint density at radius 2 is 1.02 bits per heavy atom. The lowest BCUT2D eigenvalue weighted by molar-refractivity contribution is -0.148. The van der Waals surface area contributed by atoms with Crippen LogP contribution in [0.3, 0.4) is 0 Å². The van der Waals surface area contributed by atoms with Crippen molar-refractivity contribution in [3.8, 4) is 0 Å². The second-order valence-electron chi connectivity index (χ2n) is 10.4. The van der Waals surface area contributed by atoms with Crippen molar-refractivity contribution in [2.75, 3.05) is 0 Å². The number of hydrogen-bond acceptors (Lipinski definition) is 10. The van der Waals surface area contributed by atoms with Gasteiger partial charge in [-0.25, -0.2) is 4.79 Å². The Bertz CT molecular complexity index is 1290. The Morgan fingerprint density at radius 3 is 1.12 bits per heavy atom. The van der Waals surface area contributed by atoms with Crippen LogP contribution in [0.5, 0.6) is 0 Å². The first-order valence-corrected chi connectivity index (χ1v) is 15.4. The van der Waals surface area contributed by atoms with E-state index in [1.807, 2.05) is 105 Å². The molecule has 3 rings (SSSR count). The first-order chi connectivity index (χ1) is 23.8. The van der Waals surface area contributed by atoms with E-state index in [2.05, 4.69) is 0 Å². The SMILES string of the molecule is CC(=O)c1ccccc1.CC(N)c1ccccc1.CC(O)[C@H](N)C(=O)O.CCC(=O)C(=O)O.CC[C@H](N)C(=O)O.C[C@@H](N)c1ccccc1.[2H][3H]. The minimum atomic E-state index is -1.34. The number of hydrogen-bond donors (Lipinski definition) is 8. The first-order valence-electron chi connectivity index (χ1n) is 16.4. The fourth-order valence-electron chi connectivity index (χ4n) is 2.72. The number of Topliss-reactive ketones (excluding diaryl/α,β-unsaturated/α-hetero) is 2. The zero-order chi connectivity index (χ0) is 40.5. The van der Waals surface area contributed by atoms with E-state index in [1.54, 1.807) is 13.8 Å². The van der Waals surface area contributed by atoms with Crippen molar-refractivity contribution in [2.24, 2.45) is 22.9 Å². The van der Waals surface area contributed by atoms with E-state index < -0.39 is 41.9 Å².